The number of hydrogen-bond donors (Lipinski definition) is 1. The zero-order chi connectivity index (χ0) is 17.3. The summed E-state index contributed by atoms with van der Waals surface area (Å²) in [5, 5.41) is 14.0. The van der Waals surface area contributed by atoms with Gasteiger partial charge >= 0.3 is 0 Å². The third-order valence-corrected chi connectivity index (χ3v) is 5.71. The van der Waals surface area contributed by atoms with Gasteiger partial charge in [-0.1, -0.05) is 20.8 Å². The molecule has 1 unspecified atom stereocenters. The van der Waals surface area contributed by atoms with Crippen LogP contribution >= 0.6 is 11.3 Å². The summed E-state index contributed by atoms with van der Waals surface area (Å²) in [5.41, 5.74) is 1.30. The first kappa shape index (κ1) is 17.6. The highest BCUT2D eigenvalue weighted by molar-refractivity contribution is 7.09. The van der Waals surface area contributed by atoms with Crippen molar-refractivity contribution in [2.45, 2.75) is 51.7 Å². The van der Waals surface area contributed by atoms with E-state index < -0.39 is 6.10 Å². The van der Waals surface area contributed by atoms with Gasteiger partial charge in [-0.25, -0.2) is 9.97 Å². The monoisotopic (exact) mass is 348 g/mol. The van der Waals surface area contributed by atoms with Gasteiger partial charge in [-0.3, -0.25) is 4.90 Å². The Kier molecular flexibility index (Phi) is 5.08. The largest absolute Gasteiger partial charge is 0.385 e. The van der Waals surface area contributed by atoms with Crippen LogP contribution in [0.1, 0.15) is 56.2 Å². The van der Waals surface area contributed by atoms with Crippen LogP contribution in [0, 0.1) is 5.92 Å². The van der Waals surface area contributed by atoms with E-state index in [0.29, 0.717) is 5.92 Å². The SMILES string of the molecule is Cn1ccnc1C(O)C1CCN(Cc2nc(C(C)(C)C)cs2)CC1. The maximum Gasteiger partial charge on any atom is 0.137 e. The van der Waals surface area contributed by atoms with Crippen LogP contribution in [0.3, 0.4) is 0 Å². The highest BCUT2D eigenvalue weighted by Gasteiger charge is 2.29. The van der Waals surface area contributed by atoms with Crippen LogP contribution < -0.4 is 0 Å². The molecule has 1 N–H and O–H groups in total. The molecular weight excluding hydrogens is 320 g/mol. The second-order valence-electron chi connectivity index (χ2n) is 7.83. The van der Waals surface area contributed by atoms with E-state index in [-0.39, 0.29) is 5.41 Å². The molecule has 2 aromatic heterocycles. The minimum atomic E-state index is -0.459. The van der Waals surface area contributed by atoms with Gasteiger partial charge in [0.15, 0.2) is 0 Å². The summed E-state index contributed by atoms with van der Waals surface area (Å²) in [4.78, 5) is 11.5. The van der Waals surface area contributed by atoms with Gasteiger partial charge < -0.3 is 9.67 Å². The van der Waals surface area contributed by atoms with Crippen LogP contribution in [0.25, 0.3) is 0 Å². The summed E-state index contributed by atoms with van der Waals surface area (Å²) in [5.74, 6) is 1.08. The molecule has 0 radical (unpaired) electrons. The van der Waals surface area contributed by atoms with Crippen molar-refractivity contribution in [2.24, 2.45) is 13.0 Å². The fraction of sp³-hybridized carbons (Fsp3) is 0.667. The lowest BCUT2D eigenvalue weighted by Crippen LogP contribution is -2.35. The van der Waals surface area contributed by atoms with Crippen molar-refractivity contribution in [3.63, 3.8) is 0 Å². The van der Waals surface area contributed by atoms with Crippen molar-refractivity contribution in [1.29, 1.82) is 0 Å². The van der Waals surface area contributed by atoms with Crippen molar-refractivity contribution < 1.29 is 5.11 Å². The van der Waals surface area contributed by atoms with Crippen molar-refractivity contribution in [1.82, 2.24) is 19.4 Å². The lowest BCUT2D eigenvalue weighted by molar-refractivity contribution is 0.0492. The molecule has 1 aliphatic rings. The van der Waals surface area contributed by atoms with E-state index in [1.165, 1.54) is 10.7 Å². The Labute approximate surface area is 148 Å². The average molecular weight is 349 g/mol. The average Bonchev–Trinajstić information content (AvgIpc) is 3.16. The van der Waals surface area contributed by atoms with Crippen LogP contribution in [0.2, 0.25) is 0 Å². The lowest BCUT2D eigenvalue weighted by atomic mass is 9.90. The summed E-state index contributed by atoms with van der Waals surface area (Å²) in [6.45, 7) is 9.56. The molecule has 1 aliphatic heterocycles. The van der Waals surface area contributed by atoms with E-state index in [2.05, 4.69) is 36.0 Å². The fourth-order valence-electron chi connectivity index (χ4n) is 3.22. The lowest BCUT2D eigenvalue weighted by Gasteiger charge is -2.33. The van der Waals surface area contributed by atoms with Crippen molar-refractivity contribution >= 4 is 11.3 Å². The Hall–Kier alpha value is -1.24. The van der Waals surface area contributed by atoms with E-state index in [1.807, 2.05) is 17.8 Å². The van der Waals surface area contributed by atoms with Gasteiger partial charge in [0.25, 0.3) is 0 Å². The first-order valence-corrected chi connectivity index (χ1v) is 9.55. The molecule has 0 bridgehead atoms. The minimum Gasteiger partial charge on any atom is -0.385 e. The number of hydrogen-bond acceptors (Lipinski definition) is 5. The van der Waals surface area contributed by atoms with Gasteiger partial charge in [0, 0.05) is 30.2 Å². The fourth-order valence-corrected chi connectivity index (χ4v) is 4.28. The van der Waals surface area contributed by atoms with E-state index >= 15 is 0 Å². The molecule has 1 saturated heterocycles. The second kappa shape index (κ2) is 6.94. The zero-order valence-corrected chi connectivity index (χ0v) is 15.9. The Morgan fingerprint density at radius 1 is 1.33 bits per heavy atom. The van der Waals surface area contributed by atoms with Gasteiger partial charge in [-0.05, 0) is 31.8 Å². The van der Waals surface area contributed by atoms with Gasteiger partial charge in [-0.15, -0.1) is 11.3 Å². The topological polar surface area (TPSA) is 54.2 Å². The summed E-state index contributed by atoms with van der Waals surface area (Å²) >= 11 is 1.76. The number of rotatable bonds is 4. The molecule has 2 aromatic rings. The quantitative estimate of drug-likeness (QED) is 0.922. The molecule has 132 valence electrons. The number of aliphatic hydroxyl groups excluding tert-OH is 1. The summed E-state index contributed by atoms with van der Waals surface area (Å²) < 4.78 is 1.92. The molecule has 3 rings (SSSR count). The molecule has 1 atom stereocenters. The molecule has 0 saturated carbocycles. The summed E-state index contributed by atoms with van der Waals surface area (Å²) in [7, 11) is 1.94. The molecule has 0 spiro atoms. The molecule has 0 aliphatic carbocycles. The van der Waals surface area contributed by atoms with E-state index in [1.54, 1.807) is 17.5 Å². The Morgan fingerprint density at radius 3 is 2.58 bits per heavy atom. The number of imidazole rings is 1. The highest BCUT2D eigenvalue weighted by atomic mass is 32.1. The number of thiazole rings is 1. The van der Waals surface area contributed by atoms with Crippen LogP contribution in [0.5, 0.6) is 0 Å². The first-order valence-electron chi connectivity index (χ1n) is 8.67. The van der Waals surface area contributed by atoms with Gasteiger partial charge in [0.05, 0.1) is 12.2 Å². The standard InChI is InChI=1S/C18H28N4OS/c1-18(2,3)14-12-24-15(20-14)11-22-8-5-13(6-9-22)16(23)17-19-7-10-21(17)4/h7,10,12-13,16,23H,5-6,8-9,11H2,1-4H3. The minimum absolute atomic E-state index is 0.119. The molecule has 24 heavy (non-hydrogen) atoms. The number of nitrogens with zero attached hydrogens (tertiary/aromatic N) is 4. The predicted molar refractivity (Wildman–Crippen MR) is 97.0 cm³/mol. The maximum absolute atomic E-state index is 10.6. The first-order chi connectivity index (χ1) is 11.3. The molecule has 5 nitrogen and oxygen atoms in total. The normalized spacial score (nSPS) is 18.9. The van der Waals surface area contributed by atoms with Crippen molar-refractivity contribution in [2.75, 3.05) is 13.1 Å². The maximum atomic E-state index is 10.6. The number of aryl methyl sites for hydroxylation is 1. The van der Waals surface area contributed by atoms with Crippen LogP contribution in [-0.2, 0) is 19.0 Å². The molecule has 1 fully saturated rings. The number of piperidine rings is 1. The Bertz CT molecular complexity index is 665. The number of aliphatic hydroxyl groups is 1. The highest BCUT2D eigenvalue weighted by Crippen LogP contribution is 2.31. The van der Waals surface area contributed by atoms with Crippen LogP contribution in [0.4, 0.5) is 0 Å². The van der Waals surface area contributed by atoms with Gasteiger partial charge in [-0.2, -0.15) is 0 Å². The summed E-state index contributed by atoms with van der Waals surface area (Å²) in [6.07, 6.45) is 5.20. The smallest absolute Gasteiger partial charge is 0.137 e. The van der Waals surface area contributed by atoms with Crippen LogP contribution in [-0.4, -0.2) is 37.6 Å². The van der Waals surface area contributed by atoms with Gasteiger partial charge in [0.2, 0.25) is 0 Å². The molecule has 3 heterocycles. The zero-order valence-electron chi connectivity index (χ0n) is 15.1. The molecule has 0 amide bonds. The molecule has 0 aromatic carbocycles. The molecule has 6 heteroatoms. The second-order valence-corrected chi connectivity index (χ2v) is 8.77. The van der Waals surface area contributed by atoms with E-state index in [0.717, 1.165) is 38.3 Å². The predicted octanol–water partition coefficient (Wildman–Crippen LogP) is 3.12. The number of aromatic nitrogens is 3. The Morgan fingerprint density at radius 2 is 2.04 bits per heavy atom. The number of likely N-dealkylation sites (tertiary alicyclic amines) is 1. The summed E-state index contributed by atoms with van der Waals surface area (Å²) in [6, 6.07) is 0. The van der Waals surface area contributed by atoms with E-state index in [9.17, 15) is 5.11 Å². The van der Waals surface area contributed by atoms with E-state index in [4.69, 9.17) is 4.98 Å². The molecular formula is C18H28N4OS. The third kappa shape index (κ3) is 3.87. The van der Waals surface area contributed by atoms with Gasteiger partial charge in [0.1, 0.15) is 16.9 Å². The van der Waals surface area contributed by atoms with Crippen LogP contribution in [0.15, 0.2) is 17.8 Å². The Balaban J connectivity index is 1.54. The van der Waals surface area contributed by atoms with Crippen molar-refractivity contribution in [3.8, 4) is 0 Å². The van der Waals surface area contributed by atoms with Crippen molar-refractivity contribution in [3.05, 3.63) is 34.3 Å². The third-order valence-electron chi connectivity index (χ3n) is 4.88.